The minimum atomic E-state index is -0.436. The number of ether oxygens (including phenoxy) is 1. The van der Waals surface area contributed by atoms with E-state index in [0.29, 0.717) is 23.5 Å². The minimum Gasteiger partial charge on any atom is -0.465 e. The molecule has 0 aliphatic heterocycles. The van der Waals surface area contributed by atoms with Crippen molar-refractivity contribution in [1.82, 2.24) is 10.2 Å². The Hall–Kier alpha value is -2.63. The van der Waals surface area contributed by atoms with Crippen LogP contribution in [-0.4, -0.2) is 23.3 Å². The lowest BCUT2D eigenvalue weighted by Crippen LogP contribution is -2.09. The second kappa shape index (κ2) is 5.81. The van der Waals surface area contributed by atoms with Gasteiger partial charge in [-0.1, -0.05) is 0 Å². The van der Waals surface area contributed by atoms with Crippen molar-refractivity contribution in [1.29, 1.82) is 0 Å². The van der Waals surface area contributed by atoms with Crippen LogP contribution in [-0.2, 0) is 11.3 Å². The van der Waals surface area contributed by atoms with Crippen molar-refractivity contribution in [2.75, 3.05) is 18.2 Å². The van der Waals surface area contributed by atoms with Crippen molar-refractivity contribution in [2.24, 2.45) is 0 Å². The highest BCUT2D eigenvalue weighted by atomic mass is 16.5. The molecule has 1 aromatic carbocycles. The fourth-order valence-corrected chi connectivity index (χ4v) is 1.61. The number of carbonyl (C=O) groups excluding carboxylic acids is 1. The number of hydrogen-bond donors (Lipinski definition) is 2. The molecule has 6 nitrogen and oxygen atoms in total. The third-order valence-corrected chi connectivity index (χ3v) is 2.54. The Labute approximate surface area is 110 Å². The molecule has 0 aliphatic carbocycles. The summed E-state index contributed by atoms with van der Waals surface area (Å²) in [6, 6.07) is 8.66. The van der Waals surface area contributed by atoms with E-state index in [1.165, 1.54) is 7.11 Å². The Morgan fingerprint density at radius 3 is 2.95 bits per heavy atom. The maximum Gasteiger partial charge on any atom is 0.340 e. The van der Waals surface area contributed by atoms with Gasteiger partial charge in [0.05, 0.1) is 24.9 Å². The molecule has 0 bridgehead atoms. The first-order valence-corrected chi connectivity index (χ1v) is 5.69. The second-order valence-corrected chi connectivity index (χ2v) is 3.87. The van der Waals surface area contributed by atoms with E-state index in [0.717, 1.165) is 5.69 Å². The van der Waals surface area contributed by atoms with Gasteiger partial charge in [-0.2, -0.15) is 10.2 Å². The monoisotopic (exact) mass is 258 g/mol. The maximum absolute atomic E-state index is 11.7. The van der Waals surface area contributed by atoms with Gasteiger partial charge in [-0.05, 0) is 30.3 Å². The Bertz CT molecular complexity index is 572. The summed E-state index contributed by atoms with van der Waals surface area (Å²) in [6.45, 7) is 0.460. The molecule has 98 valence electrons. The largest absolute Gasteiger partial charge is 0.465 e. The van der Waals surface area contributed by atoms with Gasteiger partial charge in [0.2, 0.25) is 0 Å². The minimum absolute atomic E-state index is 0.395. The maximum atomic E-state index is 11.7. The molecule has 3 N–H and O–H groups in total. The Kier molecular flexibility index (Phi) is 3.92. The van der Waals surface area contributed by atoms with Gasteiger partial charge in [0.15, 0.2) is 0 Å². The number of nitrogens with zero attached hydrogens (tertiary/aromatic N) is 2. The van der Waals surface area contributed by atoms with E-state index in [1.54, 1.807) is 30.5 Å². The van der Waals surface area contributed by atoms with Gasteiger partial charge in [-0.25, -0.2) is 4.79 Å². The Morgan fingerprint density at radius 1 is 1.42 bits per heavy atom. The van der Waals surface area contributed by atoms with E-state index in [4.69, 9.17) is 10.5 Å². The second-order valence-electron chi connectivity index (χ2n) is 3.87. The Balaban J connectivity index is 2.18. The number of esters is 1. The quantitative estimate of drug-likeness (QED) is 0.637. The van der Waals surface area contributed by atoms with Gasteiger partial charge in [0.1, 0.15) is 0 Å². The highest BCUT2D eigenvalue weighted by molar-refractivity contribution is 5.96. The molecule has 0 fully saturated rings. The van der Waals surface area contributed by atoms with E-state index >= 15 is 0 Å². The summed E-state index contributed by atoms with van der Waals surface area (Å²) >= 11 is 0. The number of methoxy groups -OCH3 is 1. The van der Waals surface area contributed by atoms with E-state index in [1.807, 2.05) is 6.07 Å². The van der Waals surface area contributed by atoms with E-state index in [9.17, 15) is 4.79 Å². The molecule has 0 amide bonds. The smallest absolute Gasteiger partial charge is 0.340 e. The Morgan fingerprint density at radius 2 is 2.26 bits per heavy atom. The first kappa shape index (κ1) is 12.8. The molecule has 6 heteroatoms. The van der Waals surface area contributed by atoms with Crippen molar-refractivity contribution < 1.29 is 9.53 Å². The molecule has 0 unspecified atom stereocenters. The predicted octanol–water partition coefficient (Wildman–Crippen LogP) is 1.46. The molecular formula is C13H14N4O2. The zero-order valence-electron chi connectivity index (χ0n) is 10.5. The molecule has 0 aliphatic rings. The number of anilines is 2. The van der Waals surface area contributed by atoms with Gasteiger partial charge in [-0.3, -0.25) is 0 Å². The van der Waals surface area contributed by atoms with Crippen LogP contribution in [0.5, 0.6) is 0 Å². The lowest BCUT2D eigenvalue weighted by Gasteiger charge is -2.10. The van der Waals surface area contributed by atoms with Gasteiger partial charge < -0.3 is 15.8 Å². The van der Waals surface area contributed by atoms with Crippen LogP contribution < -0.4 is 11.1 Å². The molecule has 0 spiro atoms. The number of carbonyl (C=O) groups is 1. The van der Waals surface area contributed by atoms with E-state index in [-0.39, 0.29) is 0 Å². The van der Waals surface area contributed by atoms with Crippen LogP contribution in [0.4, 0.5) is 11.4 Å². The SMILES string of the molecule is COC(=O)c1cc(N)ccc1NCc1cccnn1. The van der Waals surface area contributed by atoms with Crippen molar-refractivity contribution in [2.45, 2.75) is 6.54 Å². The average Bonchev–Trinajstić information content (AvgIpc) is 2.46. The van der Waals surface area contributed by atoms with Crippen LogP contribution in [0.25, 0.3) is 0 Å². The first-order chi connectivity index (χ1) is 9.20. The van der Waals surface area contributed by atoms with Crippen molar-refractivity contribution >= 4 is 17.3 Å². The average molecular weight is 258 g/mol. The number of benzene rings is 1. The van der Waals surface area contributed by atoms with Crippen LogP contribution in [0.1, 0.15) is 16.1 Å². The van der Waals surface area contributed by atoms with Crippen LogP contribution >= 0.6 is 0 Å². The van der Waals surface area contributed by atoms with Crippen LogP contribution in [0, 0.1) is 0 Å². The van der Waals surface area contributed by atoms with Crippen LogP contribution in [0.3, 0.4) is 0 Å². The van der Waals surface area contributed by atoms with Crippen molar-refractivity contribution in [3.63, 3.8) is 0 Å². The van der Waals surface area contributed by atoms with Gasteiger partial charge >= 0.3 is 5.97 Å². The summed E-state index contributed by atoms with van der Waals surface area (Å²) in [5, 5.41) is 10.8. The number of rotatable bonds is 4. The summed E-state index contributed by atoms with van der Waals surface area (Å²) in [7, 11) is 1.33. The first-order valence-electron chi connectivity index (χ1n) is 5.69. The number of hydrogen-bond acceptors (Lipinski definition) is 6. The third-order valence-electron chi connectivity index (χ3n) is 2.54. The molecule has 0 atom stereocenters. The molecule has 0 radical (unpaired) electrons. The molecular weight excluding hydrogens is 244 g/mol. The van der Waals surface area contributed by atoms with Gasteiger partial charge in [0, 0.05) is 17.6 Å². The summed E-state index contributed by atoms with van der Waals surface area (Å²) in [5.41, 5.74) is 7.99. The summed E-state index contributed by atoms with van der Waals surface area (Å²) < 4.78 is 4.72. The van der Waals surface area contributed by atoms with Crippen molar-refractivity contribution in [3.8, 4) is 0 Å². The number of nitrogen functional groups attached to an aromatic ring is 1. The summed E-state index contributed by atoms with van der Waals surface area (Å²) in [5.74, 6) is -0.436. The van der Waals surface area contributed by atoms with E-state index in [2.05, 4.69) is 15.5 Å². The predicted molar refractivity (Wildman–Crippen MR) is 71.6 cm³/mol. The summed E-state index contributed by atoms with van der Waals surface area (Å²) in [4.78, 5) is 11.7. The number of nitrogens with one attached hydrogen (secondary N) is 1. The number of nitrogens with two attached hydrogens (primary N) is 1. The third kappa shape index (κ3) is 3.19. The summed E-state index contributed by atoms with van der Waals surface area (Å²) in [6.07, 6.45) is 1.60. The standard InChI is InChI=1S/C13H14N4O2/c1-19-13(18)11-7-9(14)4-5-12(11)15-8-10-3-2-6-16-17-10/h2-7,15H,8,14H2,1H3. The van der Waals surface area contributed by atoms with Crippen LogP contribution in [0.2, 0.25) is 0 Å². The molecule has 19 heavy (non-hydrogen) atoms. The van der Waals surface area contributed by atoms with Gasteiger partial charge in [0.25, 0.3) is 0 Å². The number of aromatic nitrogens is 2. The van der Waals surface area contributed by atoms with Crippen LogP contribution in [0.15, 0.2) is 36.5 Å². The highest BCUT2D eigenvalue weighted by Crippen LogP contribution is 2.20. The zero-order valence-corrected chi connectivity index (χ0v) is 10.5. The molecule has 0 saturated heterocycles. The highest BCUT2D eigenvalue weighted by Gasteiger charge is 2.12. The van der Waals surface area contributed by atoms with E-state index < -0.39 is 5.97 Å². The lowest BCUT2D eigenvalue weighted by molar-refractivity contribution is 0.0602. The molecule has 1 heterocycles. The zero-order chi connectivity index (χ0) is 13.7. The topological polar surface area (TPSA) is 90.1 Å². The molecule has 1 aromatic heterocycles. The fourth-order valence-electron chi connectivity index (χ4n) is 1.61. The van der Waals surface area contributed by atoms with Gasteiger partial charge in [-0.15, -0.1) is 0 Å². The molecule has 0 saturated carbocycles. The lowest BCUT2D eigenvalue weighted by atomic mass is 10.1. The normalized spacial score (nSPS) is 9.95. The molecule has 2 aromatic rings. The van der Waals surface area contributed by atoms with Crippen molar-refractivity contribution in [3.05, 3.63) is 47.8 Å². The molecule has 2 rings (SSSR count). The fraction of sp³-hybridized carbons (Fsp3) is 0.154.